The van der Waals surface area contributed by atoms with Gasteiger partial charge in [-0.3, -0.25) is 14.6 Å². The Kier molecular flexibility index (Phi) is 5.13. The van der Waals surface area contributed by atoms with E-state index in [2.05, 4.69) is 51.6 Å². The summed E-state index contributed by atoms with van der Waals surface area (Å²) in [4.78, 5) is 32.8. The molecule has 0 radical (unpaired) electrons. The lowest BCUT2D eigenvalue weighted by Gasteiger charge is -2.44. The Hall–Kier alpha value is -2.94. The Morgan fingerprint density at radius 1 is 1.10 bits per heavy atom. The third kappa shape index (κ3) is 3.89. The van der Waals surface area contributed by atoms with Crippen LogP contribution in [0.1, 0.15) is 30.3 Å². The number of aromatic nitrogens is 2. The maximum atomic E-state index is 12.9. The number of urea groups is 1. The lowest BCUT2D eigenvalue weighted by atomic mass is 10.0. The average Bonchev–Trinajstić information content (AvgIpc) is 3.54. The molecule has 31 heavy (non-hydrogen) atoms. The highest BCUT2D eigenvalue weighted by atomic mass is 16.2. The van der Waals surface area contributed by atoms with E-state index in [1.807, 2.05) is 4.90 Å². The zero-order chi connectivity index (χ0) is 21.5. The van der Waals surface area contributed by atoms with Gasteiger partial charge in [-0.15, -0.1) is 10.2 Å². The van der Waals surface area contributed by atoms with Crippen molar-refractivity contribution in [3.63, 3.8) is 0 Å². The number of piperazine rings is 1. The first-order valence-electron chi connectivity index (χ1n) is 11.1. The summed E-state index contributed by atoms with van der Waals surface area (Å²) >= 11 is 0. The molecule has 1 saturated carbocycles. The summed E-state index contributed by atoms with van der Waals surface area (Å²) in [5, 5.41) is 10.9. The number of nitrogens with zero attached hydrogens (tertiary/aromatic N) is 6. The van der Waals surface area contributed by atoms with Crippen LogP contribution in [-0.2, 0) is 0 Å². The minimum absolute atomic E-state index is 0.107. The van der Waals surface area contributed by atoms with Crippen molar-refractivity contribution in [2.24, 2.45) is 5.92 Å². The molecule has 9 nitrogen and oxygen atoms in total. The molecule has 1 aromatic heterocycles. The van der Waals surface area contributed by atoms with E-state index in [0.717, 1.165) is 19.0 Å². The fourth-order valence-electron chi connectivity index (χ4n) is 4.79. The van der Waals surface area contributed by atoms with Gasteiger partial charge in [0.1, 0.15) is 6.17 Å². The minimum Gasteiger partial charge on any atom is -0.361 e. The van der Waals surface area contributed by atoms with Crippen molar-refractivity contribution < 1.29 is 9.59 Å². The van der Waals surface area contributed by atoms with Gasteiger partial charge in [-0.25, -0.2) is 4.79 Å². The second-order valence-electron chi connectivity index (χ2n) is 8.82. The lowest BCUT2D eigenvalue weighted by molar-refractivity contribution is 0.0430. The average molecular weight is 424 g/mol. The summed E-state index contributed by atoms with van der Waals surface area (Å²) in [7, 11) is 2.15. The smallest absolute Gasteiger partial charge is 0.323 e. The summed E-state index contributed by atoms with van der Waals surface area (Å²) in [5.41, 5.74) is 3.15. The third-order valence-electron chi connectivity index (χ3n) is 6.54. The predicted molar refractivity (Wildman–Crippen MR) is 116 cm³/mol. The van der Waals surface area contributed by atoms with E-state index in [1.165, 1.54) is 28.9 Å². The number of amides is 3. The predicted octanol–water partition coefficient (Wildman–Crippen LogP) is 1.28. The standard InChI is InChI=1S/C22H29N7O2/c1-15-13-17(16-3-4-16)14-26(2)20(15)27-9-11-28(12-10-27)21(30)18-5-6-19(25-24-18)29-8-7-23-22(29)31/h5-6,13-14,16,20H,3-4,7-12H2,1-2H3,(H,23,31). The number of rotatable bonds is 4. The molecule has 1 aliphatic carbocycles. The number of likely N-dealkylation sites (N-methyl/N-ethyl adjacent to an activating group) is 1. The maximum absolute atomic E-state index is 12.9. The zero-order valence-electron chi connectivity index (χ0n) is 18.1. The molecule has 1 atom stereocenters. The Morgan fingerprint density at radius 2 is 1.87 bits per heavy atom. The summed E-state index contributed by atoms with van der Waals surface area (Å²) in [6.45, 7) is 6.32. The van der Waals surface area contributed by atoms with Crippen molar-refractivity contribution in [2.75, 3.05) is 51.2 Å². The lowest BCUT2D eigenvalue weighted by Crippen LogP contribution is -2.56. The molecule has 0 bridgehead atoms. The summed E-state index contributed by atoms with van der Waals surface area (Å²) in [6, 6.07) is 3.17. The number of carbonyl (C=O) groups excluding carboxylic acids is 2. The molecule has 3 aliphatic heterocycles. The van der Waals surface area contributed by atoms with Gasteiger partial charge in [0.15, 0.2) is 11.5 Å². The fourth-order valence-corrected chi connectivity index (χ4v) is 4.79. The summed E-state index contributed by atoms with van der Waals surface area (Å²) in [5.74, 6) is 1.11. The van der Waals surface area contributed by atoms with Gasteiger partial charge in [0.25, 0.3) is 5.91 Å². The number of hydrogen-bond acceptors (Lipinski definition) is 6. The molecule has 3 amide bonds. The highest BCUT2D eigenvalue weighted by molar-refractivity contribution is 5.94. The van der Waals surface area contributed by atoms with Gasteiger partial charge in [0.05, 0.1) is 0 Å². The normalized spacial score (nSPS) is 24.8. The minimum atomic E-state index is -0.180. The molecule has 1 aromatic rings. The molecule has 9 heteroatoms. The molecule has 1 N–H and O–H groups in total. The van der Waals surface area contributed by atoms with Gasteiger partial charge in [0.2, 0.25) is 0 Å². The van der Waals surface area contributed by atoms with E-state index >= 15 is 0 Å². The van der Waals surface area contributed by atoms with Crippen LogP contribution in [-0.4, -0.2) is 89.3 Å². The molecule has 4 aliphatic rings. The van der Waals surface area contributed by atoms with Gasteiger partial charge in [0, 0.05) is 52.5 Å². The van der Waals surface area contributed by atoms with Crippen molar-refractivity contribution in [3.05, 3.63) is 41.2 Å². The maximum Gasteiger partial charge on any atom is 0.323 e. The first-order valence-corrected chi connectivity index (χ1v) is 11.1. The Morgan fingerprint density at radius 3 is 2.45 bits per heavy atom. The van der Waals surface area contributed by atoms with Crippen LogP contribution in [0.3, 0.4) is 0 Å². The molecule has 5 rings (SSSR count). The van der Waals surface area contributed by atoms with Crippen molar-refractivity contribution in [2.45, 2.75) is 25.9 Å². The Balaban J connectivity index is 1.19. The van der Waals surface area contributed by atoms with Crippen LogP contribution >= 0.6 is 0 Å². The number of carbonyl (C=O) groups is 2. The van der Waals surface area contributed by atoms with E-state index in [1.54, 1.807) is 12.1 Å². The second-order valence-corrected chi connectivity index (χ2v) is 8.82. The van der Waals surface area contributed by atoms with E-state index in [-0.39, 0.29) is 18.1 Å². The first-order chi connectivity index (χ1) is 15.0. The van der Waals surface area contributed by atoms with Crippen molar-refractivity contribution >= 4 is 17.8 Å². The van der Waals surface area contributed by atoms with Gasteiger partial charge in [-0.05, 0) is 49.0 Å². The van der Waals surface area contributed by atoms with Crippen LogP contribution in [0, 0.1) is 5.92 Å². The highest BCUT2D eigenvalue weighted by Crippen LogP contribution is 2.40. The SMILES string of the molecule is CC1=CC(C2CC2)=CN(C)C1N1CCN(C(=O)c2ccc(N3CCNC3=O)nn2)CC1. The second kappa shape index (κ2) is 7.96. The van der Waals surface area contributed by atoms with E-state index in [0.29, 0.717) is 37.7 Å². The largest absolute Gasteiger partial charge is 0.361 e. The number of nitrogens with one attached hydrogen (secondary N) is 1. The van der Waals surface area contributed by atoms with Crippen molar-refractivity contribution in [1.82, 2.24) is 30.2 Å². The first kappa shape index (κ1) is 20.0. The van der Waals surface area contributed by atoms with E-state index in [9.17, 15) is 9.59 Å². The topological polar surface area (TPSA) is 84.9 Å². The summed E-state index contributed by atoms with van der Waals surface area (Å²) in [6.07, 6.45) is 7.53. The Labute approximate surface area is 182 Å². The molecule has 4 heterocycles. The van der Waals surface area contributed by atoms with Gasteiger partial charge < -0.3 is 15.1 Å². The number of anilines is 1. The summed E-state index contributed by atoms with van der Waals surface area (Å²) < 4.78 is 0. The third-order valence-corrected chi connectivity index (χ3v) is 6.54. The van der Waals surface area contributed by atoms with Gasteiger partial charge in [-0.2, -0.15) is 0 Å². The van der Waals surface area contributed by atoms with Crippen molar-refractivity contribution in [1.29, 1.82) is 0 Å². The molecular weight excluding hydrogens is 394 g/mol. The van der Waals surface area contributed by atoms with E-state index < -0.39 is 0 Å². The number of hydrogen-bond donors (Lipinski definition) is 1. The van der Waals surface area contributed by atoms with Crippen LogP contribution in [0.25, 0.3) is 0 Å². The number of allylic oxidation sites excluding steroid dienone is 2. The van der Waals surface area contributed by atoms with Crippen LogP contribution in [0.15, 0.2) is 35.6 Å². The molecule has 0 spiro atoms. The van der Waals surface area contributed by atoms with Crippen LogP contribution < -0.4 is 10.2 Å². The fraction of sp³-hybridized carbons (Fsp3) is 0.545. The highest BCUT2D eigenvalue weighted by Gasteiger charge is 2.34. The molecule has 0 aromatic carbocycles. The quantitative estimate of drug-likeness (QED) is 0.785. The molecule has 2 saturated heterocycles. The molecule has 164 valence electrons. The van der Waals surface area contributed by atoms with E-state index in [4.69, 9.17) is 0 Å². The van der Waals surface area contributed by atoms with Crippen LogP contribution in [0.4, 0.5) is 10.6 Å². The molecular formula is C22H29N7O2. The van der Waals surface area contributed by atoms with Crippen molar-refractivity contribution in [3.8, 4) is 0 Å². The van der Waals surface area contributed by atoms with Crippen LogP contribution in [0.2, 0.25) is 0 Å². The molecule has 1 unspecified atom stereocenters. The van der Waals surface area contributed by atoms with Gasteiger partial charge >= 0.3 is 6.03 Å². The molecule has 3 fully saturated rings. The Bertz CT molecular complexity index is 930. The van der Waals surface area contributed by atoms with Crippen LogP contribution in [0.5, 0.6) is 0 Å². The van der Waals surface area contributed by atoms with Gasteiger partial charge in [-0.1, -0.05) is 6.08 Å². The monoisotopic (exact) mass is 423 g/mol. The zero-order valence-corrected chi connectivity index (χ0v) is 18.1.